The zero-order valence-electron chi connectivity index (χ0n) is 8.61. The third kappa shape index (κ3) is 81.1. The molecule has 0 rings (SSSR count). The number of carbonyl (C=O) groups is 1. The van der Waals surface area contributed by atoms with E-state index in [1.54, 1.807) is 0 Å². The molecule has 0 aliphatic heterocycles. The molecule has 0 aromatic carbocycles. The second kappa shape index (κ2) is 33.5. The van der Waals surface area contributed by atoms with Crippen LogP contribution in [0.25, 0.3) is 0 Å². The molecule has 0 saturated carbocycles. The van der Waals surface area contributed by atoms with E-state index in [1.165, 1.54) is 6.42 Å². The highest BCUT2D eigenvalue weighted by Gasteiger charge is 1.64. The Bertz CT molecular complexity index is 44.8. The van der Waals surface area contributed by atoms with Crippen molar-refractivity contribution in [1.82, 2.24) is 5.32 Å². The van der Waals surface area contributed by atoms with Crippen LogP contribution < -0.4 is 5.32 Å². The molecular weight excluding hydrogens is 138 g/mol. The molecular formula is C9H23NO. The fraction of sp³-hybridized carbons (Fsp3) is 0.889. The van der Waals surface area contributed by atoms with E-state index >= 15 is 0 Å². The average Bonchev–Trinajstić information content (AvgIpc) is 2.10. The van der Waals surface area contributed by atoms with Crippen molar-refractivity contribution in [1.29, 1.82) is 0 Å². The quantitative estimate of drug-likeness (QED) is 0.643. The van der Waals surface area contributed by atoms with Crippen LogP contribution in [-0.2, 0) is 4.79 Å². The summed E-state index contributed by atoms with van der Waals surface area (Å²) >= 11 is 0. The summed E-state index contributed by atoms with van der Waals surface area (Å²) in [5.41, 5.74) is 0. The molecule has 0 bridgehead atoms. The van der Waals surface area contributed by atoms with Gasteiger partial charge < -0.3 is 10.1 Å². The molecule has 0 heterocycles. The van der Waals surface area contributed by atoms with Gasteiger partial charge in [0.2, 0.25) is 0 Å². The molecule has 0 atom stereocenters. The van der Waals surface area contributed by atoms with Gasteiger partial charge in [0.1, 0.15) is 6.29 Å². The van der Waals surface area contributed by atoms with E-state index in [4.69, 9.17) is 0 Å². The van der Waals surface area contributed by atoms with E-state index in [9.17, 15) is 4.79 Å². The first-order valence-corrected chi connectivity index (χ1v) is 4.41. The summed E-state index contributed by atoms with van der Waals surface area (Å²) in [6, 6.07) is 0. The summed E-state index contributed by atoms with van der Waals surface area (Å²) in [5.74, 6) is 0. The van der Waals surface area contributed by atoms with E-state index in [0.29, 0.717) is 6.42 Å². The monoisotopic (exact) mass is 161 g/mol. The van der Waals surface area contributed by atoms with Gasteiger partial charge in [-0.25, -0.2) is 0 Å². The van der Waals surface area contributed by atoms with Crippen molar-refractivity contribution in [2.75, 3.05) is 13.6 Å². The number of hydrogen-bond donors (Lipinski definition) is 1. The lowest BCUT2D eigenvalue weighted by Gasteiger charge is -1.84. The topological polar surface area (TPSA) is 29.1 Å². The van der Waals surface area contributed by atoms with Crippen LogP contribution in [0.4, 0.5) is 0 Å². The van der Waals surface area contributed by atoms with Crippen molar-refractivity contribution in [2.45, 2.75) is 40.5 Å². The van der Waals surface area contributed by atoms with Gasteiger partial charge in [0, 0.05) is 6.42 Å². The van der Waals surface area contributed by atoms with Crippen LogP contribution in [0.15, 0.2) is 0 Å². The van der Waals surface area contributed by atoms with Gasteiger partial charge in [-0.3, -0.25) is 0 Å². The van der Waals surface area contributed by atoms with Crippen LogP contribution >= 0.6 is 0 Å². The Balaban J connectivity index is -0.0000000965. The first-order chi connectivity index (χ1) is 5.33. The van der Waals surface area contributed by atoms with E-state index in [-0.39, 0.29) is 0 Å². The third-order valence-corrected chi connectivity index (χ3v) is 0.667. The summed E-state index contributed by atoms with van der Waals surface area (Å²) in [5, 5.41) is 3.02. The molecule has 0 amide bonds. The molecule has 0 radical (unpaired) electrons. The predicted molar refractivity (Wildman–Crippen MR) is 51.9 cm³/mol. The van der Waals surface area contributed by atoms with E-state index < -0.39 is 0 Å². The number of nitrogens with one attached hydrogen (secondary N) is 1. The third-order valence-electron chi connectivity index (χ3n) is 0.667. The molecule has 0 fully saturated rings. The maximum Gasteiger partial charge on any atom is 0.119 e. The standard InChI is InChI=1S/C4H11N.C3H6O.C2H6/c1-3-4-5-2;1-2-3-4;1-2/h5H,3-4H2,1-2H3;3H,2H2,1H3;1-2H3. The molecule has 0 aliphatic carbocycles. The molecule has 0 saturated heterocycles. The van der Waals surface area contributed by atoms with Crippen LogP contribution in [0, 0.1) is 0 Å². The maximum absolute atomic E-state index is 9.17. The van der Waals surface area contributed by atoms with E-state index in [0.717, 1.165) is 12.8 Å². The van der Waals surface area contributed by atoms with Gasteiger partial charge in [0.25, 0.3) is 0 Å². The largest absolute Gasteiger partial charge is 0.320 e. The second-order valence-electron chi connectivity index (χ2n) is 1.68. The summed E-state index contributed by atoms with van der Waals surface area (Å²) < 4.78 is 0. The minimum atomic E-state index is 0.639. The van der Waals surface area contributed by atoms with Gasteiger partial charge in [0.15, 0.2) is 0 Å². The van der Waals surface area contributed by atoms with Crippen molar-refractivity contribution in [3.8, 4) is 0 Å². The zero-order chi connectivity index (χ0) is 9.54. The Morgan fingerprint density at radius 2 is 1.64 bits per heavy atom. The van der Waals surface area contributed by atoms with Crippen molar-refractivity contribution in [2.24, 2.45) is 0 Å². The Labute approximate surface area is 71.4 Å². The van der Waals surface area contributed by atoms with Crippen molar-refractivity contribution in [3.63, 3.8) is 0 Å². The minimum absolute atomic E-state index is 0.639. The lowest BCUT2D eigenvalue weighted by molar-refractivity contribution is -0.107. The summed E-state index contributed by atoms with van der Waals surface area (Å²) in [4.78, 5) is 9.17. The van der Waals surface area contributed by atoms with E-state index in [2.05, 4.69) is 12.2 Å². The van der Waals surface area contributed by atoms with Gasteiger partial charge in [0.05, 0.1) is 0 Å². The normalized spacial score (nSPS) is 6.64. The maximum atomic E-state index is 9.17. The van der Waals surface area contributed by atoms with Crippen LogP contribution in [-0.4, -0.2) is 19.9 Å². The highest BCUT2D eigenvalue weighted by atomic mass is 16.1. The fourth-order valence-electron chi connectivity index (χ4n) is 0.250. The van der Waals surface area contributed by atoms with Crippen LogP contribution in [0.1, 0.15) is 40.5 Å². The first kappa shape index (κ1) is 16.9. The van der Waals surface area contributed by atoms with Crippen molar-refractivity contribution < 1.29 is 4.79 Å². The molecule has 2 heteroatoms. The van der Waals surface area contributed by atoms with Crippen LogP contribution in [0.5, 0.6) is 0 Å². The molecule has 0 aromatic rings. The first-order valence-electron chi connectivity index (χ1n) is 4.41. The molecule has 2 nitrogen and oxygen atoms in total. The molecule has 0 unspecified atom stereocenters. The van der Waals surface area contributed by atoms with Crippen LogP contribution in [0.3, 0.4) is 0 Å². The van der Waals surface area contributed by atoms with Gasteiger partial charge in [-0.2, -0.15) is 0 Å². The Hall–Kier alpha value is -0.370. The average molecular weight is 161 g/mol. The molecule has 0 spiro atoms. The number of hydrogen-bond acceptors (Lipinski definition) is 2. The molecule has 11 heavy (non-hydrogen) atoms. The smallest absolute Gasteiger partial charge is 0.119 e. The van der Waals surface area contributed by atoms with Crippen LogP contribution in [0.2, 0.25) is 0 Å². The van der Waals surface area contributed by atoms with Gasteiger partial charge in [-0.15, -0.1) is 0 Å². The fourth-order valence-corrected chi connectivity index (χ4v) is 0.250. The summed E-state index contributed by atoms with van der Waals surface area (Å²) in [6.45, 7) is 9.10. The number of carbonyl (C=O) groups excluding carboxylic acids is 1. The highest BCUT2D eigenvalue weighted by molar-refractivity contribution is 5.48. The van der Waals surface area contributed by atoms with E-state index in [1.807, 2.05) is 27.8 Å². The lowest BCUT2D eigenvalue weighted by Crippen LogP contribution is -2.04. The van der Waals surface area contributed by atoms with Crippen molar-refractivity contribution >= 4 is 6.29 Å². The highest BCUT2D eigenvalue weighted by Crippen LogP contribution is 1.62. The predicted octanol–water partition coefficient (Wildman–Crippen LogP) is 2.24. The molecule has 70 valence electrons. The Morgan fingerprint density at radius 3 is 1.64 bits per heavy atom. The SMILES string of the molecule is CC.CCC=O.CCCNC. The molecule has 0 aromatic heterocycles. The molecule has 1 N–H and O–H groups in total. The summed E-state index contributed by atoms with van der Waals surface area (Å²) in [6.07, 6.45) is 2.75. The molecule has 0 aliphatic rings. The zero-order valence-corrected chi connectivity index (χ0v) is 8.61. The minimum Gasteiger partial charge on any atom is -0.320 e. The number of aldehydes is 1. The van der Waals surface area contributed by atoms with Gasteiger partial charge in [-0.1, -0.05) is 27.7 Å². The summed E-state index contributed by atoms with van der Waals surface area (Å²) in [7, 11) is 1.96. The Morgan fingerprint density at radius 1 is 1.27 bits per heavy atom. The number of rotatable bonds is 3. The van der Waals surface area contributed by atoms with Gasteiger partial charge >= 0.3 is 0 Å². The van der Waals surface area contributed by atoms with Gasteiger partial charge in [-0.05, 0) is 20.0 Å². The lowest BCUT2D eigenvalue weighted by atomic mass is 10.5. The van der Waals surface area contributed by atoms with Crippen molar-refractivity contribution in [3.05, 3.63) is 0 Å². The second-order valence-corrected chi connectivity index (χ2v) is 1.68. The Kier molecular flexibility index (Phi) is 51.5.